The van der Waals surface area contributed by atoms with Gasteiger partial charge >= 0.3 is 6.03 Å². The second-order valence-electron chi connectivity index (χ2n) is 14.4. The molecular formula is C39H32ClN5O6S. The molecule has 11 nitrogen and oxygen atoms in total. The van der Waals surface area contributed by atoms with Crippen molar-refractivity contribution < 1.29 is 29.1 Å². The summed E-state index contributed by atoms with van der Waals surface area (Å²) in [6.45, 7) is 3.75. The highest BCUT2D eigenvalue weighted by atomic mass is 35.5. The summed E-state index contributed by atoms with van der Waals surface area (Å²) in [6, 6.07) is 17.2. The summed E-state index contributed by atoms with van der Waals surface area (Å²) in [7, 11) is 1.69. The van der Waals surface area contributed by atoms with Crippen LogP contribution in [0.4, 0.5) is 10.6 Å². The summed E-state index contributed by atoms with van der Waals surface area (Å²) in [6.07, 6.45) is 2.09. The minimum Gasteiger partial charge on any atom is -0.508 e. The van der Waals surface area contributed by atoms with Gasteiger partial charge in [-0.05, 0) is 78.6 Å². The molecule has 2 aromatic heterocycles. The first-order valence-corrected chi connectivity index (χ1v) is 18.2. The fourth-order valence-electron chi connectivity index (χ4n) is 9.56. The van der Waals surface area contributed by atoms with E-state index >= 15 is 4.79 Å². The highest BCUT2D eigenvalue weighted by Crippen LogP contribution is 2.65. The molecule has 6 amide bonds. The number of urea groups is 1. The van der Waals surface area contributed by atoms with E-state index in [4.69, 9.17) is 22.4 Å². The molecule has 3 fully saturated rings. The number of aromatic hydroxyl groups is 1. The topological polar surface area (TPSA) is 156 Å². The monoisotopic (exact) mass is 733 g/mol. The summed E-state index contributed by atoms with van der Waals surface area (Å²) >= 11 is 7.84. The highest BCUT2D eigenvalue weighted by Gasteiger charge is 2.68. The lowest BCUT2D eigenvalue weighted by atomic mass is 9.51. The van der Waals surface area contributed by atoms with Crippen molar-refractivity contribution in [2.75, 3.05) is 4.90 Å². The molecule has 2 aliphatic carbocycles. The van der Waals surface area contributed by atoms with Crippen molar-refractivity contribution in [1.29, 1.82) is 0 Å². The molecule has 0 bridgehead atoms. The molecule has 0 unspecified atom stereocenters. The number of halogens is 1. The van der Waals surface area contributed by atoms with Crippen LogP contribution in [0.2, 0.25) is 5.02 Å². The van der Waals surface area contributed by atoms with Crippen LogP contribution in [0.5, 0.6) is 5.75 Å². The van der Waals surface area contributed by atoms with Gasteiger partial charge in [0.25, 0.3) is 0 Å². The van der Waals surface area contributed by atoms with E-state index < -0.39 is 64.7 Å². The molecule has 9 rings (SSSR count). The minimum atomic E-state index is -1.41. The van der Waals surface area contributed by atoms with Crippen LogP contribution in [-0.4, -0.2) is 49.4 Å². The lowest BCUT2D eigenvalue weighted by Crippen LogP contribution is -2.49. The van der Waals surface area contributed by atoms with Crippen molar-refractivity contribution in [1.82, 2.24) is 14.7 Å². The van der Waals surface area contributed by atoms with Gasteiger partial charge in [-0.1, -0.05) is 53.6 Å². The maximum Gasteiger partial charge on any atom is 0.328 e. The molecule has 2 aliphatic heterocycles. The second kappa shape index (κ2) is 11.1. The van der Waals surface area contributed by atoms with Gasteiger partial charge in [0, 0.05) is 34.3 Å². The molecule has 5 aromatic rings. The number of allylic oxidation sites excluding steroid dienone is 2. The van der Waals surface area contributed by atoms with E-state index in [-0.39, 0.29) is 18.6 Å². The average Bonchev–Trinajstić information content (AvgIpc) is 3.78. The number of nitrogens with zero attached hydrogens (tertiary/aromatic N) is 4. The summed E-state index contributed by atoms with van der Waals surface area (Å²) in [5, 5.41) is 19.5. The van der Waals surface area contributed by atoms with Crippen LogP contribution in [0.3, 0.4) is 0 Å². The van der Waals surface area contributed by atoms with Crippen LogP contribution in [0.25, 0.3) is 31.4 Å². The van der Waals surface area contributed by atoms with E-state index in [0.717, 1.165) is 25.9 Å². The number of aromatic nitrogens is 2. The van der Waals surface area contributed by atoms with Crippen LogP contribution in [0.15, 0.2) is 72.3 Å². The molecule has 3 aromatic carbocycles. The number of phenolic OH excluding ortho intramolecular Hbond substituents is 1. The van der Waals surface area contributed by atoms with Crippen molar-refractivity contribution in [3.05, 3.63) is 88.5 Å². The summed E-state index contributed by atoms with van der Waals surface area (Å²) in [4.78, 5) is 72.0. The van der Waals surface area contributed by atoms with Gasteiger partial charge in [-0.2, -0.15) is 10.00 Å². The number of phenols is 1. The number of carbonyl (C=O) groups excluding carboxylic acids is 5. The Hall–Kier alpha value is -5.33. The van der Waals surface area contributed by atoms with E-state index in [9.17, 15) is 24.3 Å². The number of hydrogen-bond donors (Lipinski definition) is 2. The predicted molar refractivity (Wildman–Crippen MR) is 195 cm³/mol. The minimum absolute atomic E-state index is 0.0539. The van der Waals surface area contributed by atoms with Crippen LogP contribution in [-0.2, 0) is 26.2 Å². The average molecular weight is 734 g/mol. The van der Waals surface area contributed by atoms with Crippen molar-refractivity contribution in [3.63, 3.8) is 0 Å². The maximum atomic E-state index is 15.2. The molecule has 0 radical (unpaired) electrons. The molecule has 13 heteroatoms. The summed E-state index contributed by atoms with van der Waals surface area (Å²) < 4.78 is 2.55. The zero-order valence-electron chi connectivity index (χ0n) is 28.3. The van der Waals surface area contributed by atoms with Gasteiger partial charge in [-0.3, -0.25) is 23.9 Å². The molecule has 3 N–H and O–H groups in total. The number of imide groups is 4. The smallest absolute Gasteiger partial charge is 0.328 e. The lowest BCUT2D eigenvalue weighted by Gasteiger charge is -2.49. The molecule has 6 atom stereocenters. The number of amides is 6. The first-order chi connectivity index (χ1) is 24.8. The third-order valence-corrected chi connectivity index (χ3v) is 13.5. The first kappa shape index (κ1) is 32.6. The van der Waals surface area contributed by atoms with Gasteiger partial charge in [0.2, 0.25) is 23.6 Å². The third kappa shape index (κ3) is 4.19. The third-order valence-electron chi connectivity index (χ3n) is 11.9. The molecule has 4 heterocycles. The molecule has 262 valence electrons. The Morgan fingerprint density at radius 1 is 1.00 bits per heavy atom. The van der Waals surface area contributed by atoms with Gasteiger partial charge < -0.3 is 10.8 Å². The SMILES string of the molecule is Cc1c(-c2cc(N3C(=O)[C@@H]4C[C@@H]5C(=CC[C@@H]6C(=O)N(C(N)=O)C(=O)[C@@H]65)[C@H](c5c(O)ccc6ccccc56)[C@]4(C)C3=O)n(C)n2)sc2ccc(Cl)cc12. The number of primary amides is 1. The van der Waals surface area contributed by atoms with E-state index in [2.05, 4.69) is 0 Å². The first-order valence-electron chi connectivity index (χ1n) is 17.0. The number of fused-ring (bicyclic) bond motifs is 6. The highest BCUT2D eigenvalue weighted by molar-refractivity contribution is 7.22. The molecule has 4 aliphatic rings. The number of rotatable bonds is 3. The normalized spacial score (nSPS) is 27.0. The largest absolute Gasteiger partial charge is 0.508 e. The van der Waals surface area contributed by atoms with Crippen LogP contribution >= 0.6 is 22.9 Å². The molecular weight excluding hydrogens is 702 g/mol. The van der Waals surface area contributed by atoms with Crippen LogP contribution in [0, 0.1) is 36.0 Å². The Balaban J connectivity index is 1.22. The van der Waals surface area contributed by atoms with Crippen molar-refractivity contribution >= 4 is 79.3 Å². The summed E-state index contributed by atoms with van der Waals surface area (Å²) in [5.74, 6) is -6.29. The van der Waals surface area contributed by atoms with Gasteiger partial charge in [0.15, 0.2) is 0 Å². The Labute approximate surface area is 306 Å². The number of thiophene rings is 1. The fraction of sp³-hybridized carbons (Fsp3) is 0.282. The number of nitrogens with two attached hydrogens (primary N) is 1. The number of benzene rings is 3. The zero-order chi connectivity index (χ0) is 36.5. The molecule has 1 saturated carbocycles. The van der Waals surface area contributed by atoms with E-state index in [1.165, 1.54) is 9.58 Å². The number of anilines is 1. The zero-order valence-corrected chi connectivity index (χ0v) is 29.9. The standard InChI is InChI=1S/C39H32ClN5O6S/c1-17-23-14-19(40)9-13-28(23)52-33(17)26-16-29(43(3)42-26)44-35(48)25-15-24-21(10-11-22-30(24)36(49)45(34(22)47)38(41)51)32(39(25,2)37(44)50)31-20-7-5-4-6-18(20)8-12-27(31)46/h4-10,12-14,16,22,24-25,30,32,46H,11,15H2,1-3H3,(H2,41,51)/t22-,24+,25-,30-,32+,39+/m0/s1. The molecule has 52 heavy (non-hydrogen) atoms. The molecule has 0 spiro atoms. The quantitative estimate of drug-likeness (QED) is 0.160. The molecule has 2 saturated heterocycles. The number of aryl methyl sites for hydroxylation is 2. The van der Waals surface area contributed by atoms with Crippen molar-refractivity contribution in [3.8, 4) is 16.3 Å². The van der Waals surface area contributed by atoms with Crippen LogP contribution < -0.4 is 10.6 Å². The maximum absolute atomic E-state index is 15.2. The Morgan fingerprint density at radius 3 is 2.54 bits per heavy atom. The van der Waals surface area contributed by atoms with Gasteiger partial charge in [-0.15, -0.1) is 11.3 Å². The number of likely N-dealkylation sites (tertiary alicyclic amines) is 1. The van der Waals surface area contributed by atoms with E-state index in [0.29, 0.717) is 38.0 Å². The lowest BCUT2D eigenvalue weighted by molar-refractivity contribution is -0.136. The Kier molecular flexibility index (Phi) is 6.94. The van der Waals surface area contributed by atoms with Crippen molar-refractivity contribution in [2.24, 2.45) is 41.9 Å². The predicted octanol–water partition coefficient (Wildman–Crippen LogP) is 6.43. The van der Waals surface area contributed by atoms with E-state index in [1.54, 1.807) is 43.5 Å². The summed E-state index contributed by atoms with van der Waals surface area (Å²) in [5.41, 5.74) is 6.83. The van der Waals surface area contributed by atoms with E-state index in [1.807, 2.05) is 55.5 Å². The fourth-order valence-corrected chi connectivity index (χ4v) is 10.9. The van der Waals surface area contributed by atoms with Gasteiger partial charge in [0.1, 0.15) is 17.3 Å². The van der Waals surface area contributed by atoms with Crippen LogP contribution in [0.1, 0.15) is 36.8 Å². The Morgan fingerprint density at radius 2 is 1.77 bits per heavy atom. The van der Waals surface area contributed by atoms with Gasteiger partial charge in [-0.25, -0.2) is 9.69 Å². The van der Waals surface area contributed by atoms with Crippen molar-refractivity contribution in [2.45, 2.75) is 32.6 Å². The Bertz CT molecular complexity index is 2520. The number of carbonyl (C=O) groups is 5. The number of hydrogen-bond acceptors (Lipinski definition) is 8. The van der Waals surface area contributed by atoms with Gasteiger partial charge in [0.05, 0.1) is 28.0 Å². The second-order valence-corrected chi connectivity index (χ2v) is 15.9.